The zero-order valence-electron chi connectivity index (χ0n) is 15.7. The van der Waals surface area contributed by atoms with Gasteiger partial charge < -0.3 is 19.7 Å². The number of hydrogen-bond acceptors (Lipinski definition) is 4. The maximum Gasteiger partial charge on any atom is 0.387 e. The quantitative estimate of drug-likeness (QED) is 0.263. The summed E-state index contributed by atoms with van der Waals surface area (Å²) in [6.07, 6.45) is 2.61. The number of aryl methyl sites for hydroxylation is 2. The molecule has 1 fully saturated rings. The van der Waals surface area contributed by atoms with Crippen molar-refractivity contribution in [2.75, 3.05) is 39.4 Å². The average molecular weight is 402 g/mol. The highest BCUT2D eigenvalue weighted by molar-refractivity contribution is 7.80. The van der Waals surface area contributed by atoms with Crippen LogP contribution in [0.5, 0.6) is 5.75 Å². The zero-order valence-corrected chi connectivity index (χ0v) is 16.5. The second kappa shape index (κ2) is 11.1. The monoisotopic (exact) mass is 401 g/mol. The van der Waals surface area contributed by atoms with Crippen LogP contribution in [0.1, 0.15) is 23.1 Å². The number of hydrogen-bond donors (Lipinski definition) is 3. The lowest BCUT2D eigenvalue weighted by atomic mass is 10.1. The SMILES string of the molecule is Cc1cc(/C=N\NC(=S)NCCC[NH+]2CCOCC2)cc(C)c1OC(F)F. The van der Waals surface area contributed by atoms with E-state index in [4.69, 9.17) is 17.0 Å². The maximum atomic E-state index is 12.4. The van der Waals surface area contributed by atoms with Gasteiger partial charge in [0.2, 0.25) is 0 Å². The Morgan fingerprint density at radius 2 is 2.00 bits per heavy atom. The van der Waals surface area contributed by atoms with Crippen LogP contribution < -0.4 is 20.4 Å². The molecule has 1 heterocycles. The normalized spacial score (nSPS) is 15.3. The molecule has 27 heavy (non-hydrogen) atoms. The molecule has 0 spiro atoms. The van der Waals surface area contributed by atoms with Crippen LogP contribution in [0.2, 0.25) is 0 Å². The van der Waals surface area contributed by atoms with Gasteiger partial charge in [-0.05, 0) is 54.9 Å². The van der Waals surface area contributed by atoms with Gasteiger partial charge in [0.15, 0.2) is 5.11 Å². The van der Waals surface area contributed by atoms with Crippen LogP contribution in [0, 0.1) is 13.8 Å². The van der Waals surface area contributed by atoms with Gasteiger partial charge in [-0.3, -0.25) is 5.43 Å². The lowest BCUT2D eigenvalue weighted by molar-refractivity contribution is -0.908. The smallest absolute Gasteiger partial charge is 0.387 e. The number of halogens is 2. The fraction of sp³-hybridized carbons (Fsp3) is 0.556. The molecule has 0 saturated carbocycles. The highest BCUT2D eigenvalue weighted by atomic mass is 32.1. The molecule has 0 aromatic heterocycles. The standard InChI is InChI=1S/C18H26F2N4O2S/c1-13-10-15(11-14(2)16(13)26-17(19)20)12-22-23-18(27)21-4-3-5-24-6-8-25-9-7-24/h10-12,17H,3-9H2,1-2H3,(H2,21,23,27)/p+1/b22-12-. The summed E-state index contributed by atoms with van der Waals surface area (Å²) in [4.78, 5) is 1.56. The van der Waals surface area contributed by atoms with E-state index < -0.39 is 6.61 Å². The minimum atomic E-state index is -2.84. The predicted octanol–water partition coefficient (Wildman–Crippen LogP) is 1.01. The molecule has 0 radical (unpaired) electrons. The number of morpholine rings is 1. The second-order valence-corrected chi connectivity index (χ2v) is 6.86. The fourth-order valence-corrected chi connectivity index (χ4v) is 3.14. The highest BCUT2D eigenvalue weighted by Gasteiger charge is 2.13. The van der Waals surface area contributed by atoms with Crippen LogP contribution in [0.25, 0.3) is 0 Å². The Kier molecular flexibility index (Phi) is 8.83. The molecule has 0 unspecified atom stereocenters. The van der Waals surface area contributed by atoms with Gasteiger partial charge in [-0.15, -0.1) is 0 Å². The number of rotatable bonds is 8. The molecule has 3 N–H and O–H groups in total. The first-order valence-electron chi connectivity index (χ1n) is 9.00. The van der Waals surface area contributed by atoms with E-state index in [1.807, 2.05) is 0 Å². The molecule has 150 valence electrons. The van der Waals surface area contributed by atoms with Crippen LogP contribution in [-0.2, 0) is 4.74 Å². The third-order valence-corrected chi connectivity index (χ3v) is 4.50. The Labute approximate surface area is 163 Å². The highest BCUT2D eigenvalue weighted by Crippen LogP contribution is 2.25. The van der Waals surface area contributed by atoms with Gasteiger partial charge >= 0.3 is 6.61 Å². The van der Waals surface area contributed by atoms with E-state index in [1.54, 1.807) is 37.1 Å². The van der Waals surface area contributed by atoms with Crippen LogP contribution in [-0.4, -0.2) is 57.3 Å². The summed E-state index contributed by atoms with van der Waals surface area (Å²) in [6, 6.07) is 3.47. The molecule has 9 heteroatoms. The first-order chi connectivity index (χ1) is 13.0. The van der Waals surface area contributed by atoms with Crippen molar-refractivity contribution in [1.29, 1.82) is 0 Å². The van der Waals surface area contributed by atoms with Crippen LogP contribution in [0.4, 0.5) is 8.78 Å². The molecule has 1 aliphatic rings. The predicted molar refractivity (Wildman–Crippen MR) is 105 cm³/mol. The molecule has 0 atom stereocenters. The van der Waals surface area contributed by atoms with Gasteiger partial charge in [0.1, 0.15) is 18.8 Å². The van der Waals surface area contributed by atoms with Crippen molar-refractivity contribution >= 4 is 23.5 Å². The Morgan fingerprint density at radius 3 is 2.63 bits per heavy atom. The Bertz CT molecular complexity index is 629. The first-order valence-corrected chi connectivity index (χ1v) is 9.41. The van der Waals surface area contributed by atoms with Crippen LogP contribution >= 0.6 is 12.2 Å². The Morgan fingerprint density at radius 1 is 1.33 bits per heavy atom. The third kappa shape index (κ3) is 7.74. The number of quaternary nitrogens is 1. The summed E-state index contributed by atoms with van der Waals surface area (Å²) >= 11 is 5.19. The molecule has 1 saturated heterocycles. The molecule has 0 bridgehead atoms. The molecular weight excluding hydrogens is 374 g/mol. The van der Waals surface area contributed by atoms with E-state index in [1.165, 1.54) is 0 Å². The molecule has 0 amide bonds. The van der Waals surface area contributed by atoms with E-state index in [-0.39, 0.29) is 5.75 Å². The summed E-state index contributed by atoms with van der Waals surface area (Å²) in [5, 5.41) is 7.67. The average Bonchev–Trinajstić information content (AvgIpc) is 2.62. The van der Waals surface area contributed by atoms with Crippen molar-refractivity contribution in [3.05, 3.63) is 28.8 Å². The minimum Gasteiger partial charge on any atom is -0.434 e. The molecule has 1 aliphatic heterocycles. The van der Waals surface area contributed by atoms with Crippen molar-refractivity contribution < 1.29 is 23.2 Å². The number of hydrazone groups is 1. The Hall–Kier alpha value is -1.84. The number of ether oxygens (including phenoxy) is 2. The van der Waals surface area contributed by atoms with Crippen molar-refractivity contribution in [3.63, 3.8) is 0 Å². The largest absolute Gasteiger partial charge is 0.434 e. The molecular formula is C18H27F2N4O2S+. The van der Waals surface area contributed by atoms with E-state index in [0.717, 1.165) is 51.4 Å². The maximum absolute atomic E-state index is 12.4. The van der Waals surface area contributed by atoms with Crippen molar-refractivity contribution in [2.24, 2.45) is 5.10 Å². The topological polar surface area (TPSA) is 59.3 Å². The van der Waals surface area contributed by atoms with E-state index in [0.29, 0.717) is 16.2 Å². The van der Waals surface area contributed by atoms with Gasteiger partial charge in [0.25, 0.3) is 0 Å². The number of thiocarbonyl (C=S) groups is 1. The number of alkyl halides is 2. The van der Waals surface area contributed by atoms with Gasteiger partial charge in [-0.1, -0.05) is 0 Å². The summed E-state index contributed by atoms with van der Waals surface area (Å²) in [5.74, 6) is 0.203. The summed E-state index contributed by atoms with van der Waals surface area (Å²) in [6.45, 7) is 6.28. The molecule has 6 nitrogen and oxygen atoms in total. The van der Waals surface area contributed by atoms with Crippen LogP contribution in [0.15, 0.2) is 17.2 Å². The fourth-order valence-electron chi connectivity index (χ4n) is 2.99. The van der Waals surface area contributed by atoms with Gasteiger partial charge in [0, 0.05) is 13.0 Å². The van der Waals surface area contributed by atoms with Crippen molar-refractivity contribution in [1.82, 2.24) is 10.7 Å². The molecule has 2 rings (SSSR count). The molecule has 0 aliphatic carbocycles. The molecule has 1 aromatic carbocycles. The van der Waals surface area contributed by atoms with Crippen molar-refractivity contribution in [2.45, 2.75) is 26.9 Å². The summed E-state index contributed by atoms with van der Waals surface area (Å²) in [5.41, 5.74) is 4.80. The van der Waals surface area contributed by atoms with Gasteiger partial charge in [0.05, 0.1) is 26.0 Å². The summed E-state index contributed by atoms with van der Waals surface area (Å²) in [7, 11) is 0. The number of nitrogens with zero attached hydrogens (tertiary/aromatic N) is 1. The van der Waals surface area contributed by atoms with Crippen molar-refractivity contribution in [3.8, 4) is 5.75 Å². The zero-order chi connectivity index (χ0) is 19.6. The lowest BCUT2D eigenvalue weighted by Gasteiger charge is -2.23. The Balaban J connectivity index is 1.71. The van der Waals surface area contributed by atoms with Gasteiger partial charge in [-0.2, -0.15) is 13.9 Å². The minimum absolute atomic E-state index is 0.203. The second-order valence-electron chi connectivity index (χ2n) is 6.45. The first kappa shape index (κ1) is 21.5. The molecule has 1 aromatic rings. The van der Waals surface area contributed by atoms with E-state index in [9.17, 15) is 8.78 Å². The number of benzene rings is 1. The van der Waals surface area contributed by atoms with Crippen LogP contribution in [0.3, 0.4) is 0 Å². The van der Waals surface area contributed by atoms with E-state index >= 15 is 0 Å². The third-order valence-electron chi connectivity index (χ3n) is 4.26. The van der Waals surface area contributed by atoms with E-state index in [2.05, 4.69) is 20.6 Å². The number of nitrogens with one attached hydrogen (secondary N) is 3. The lowest BCUT2D eigenvalue weighted by Crippen LogP contribution is -3.14. The van der Waals surface area contributed by atoms with Gasteiger partial charge in [-0.25, -0.2) is 0 Å². The summed E-state index contributed by atoms with van der Waals surface area (Å²) < 4.78 is 34.7.